The summed E-state index contributed by atoms with van der Waals surface area (Å²) in [6, 6.07) is 10.8. The van der Waals surface area contributed by atoms with Crippen LogP contribution in [0.1, 0.15) is 42.9 Å². The van der Waals surface area contributed by atoms with Gasteiger partial charge in [-0.05, 0) is 44.5 Å². The van der Waals surface area contributed by atoms with E-state index >= 15 is 0 Å². The van der Waals surface area contributed by atoms with Crippen molar-refractivity contribution in [3.05, 3.63) is 47.1 Å². The number of fused-ring (bicyclic) bond motifs is 1. The molecule has 2 aromatic heterocycles. The Morgan fingerprint density at radius 3 is 2.83 bits per heavy atom. The lowest BCUT2D eigenvalue weighted by Crippen LogP contribution is -2.28. The molecule has 0 aliphatic heterocycles. The predicted molar refractivity (Wildman–Crippen MR) is 109 cm³/mol. The largest absolute Gasteiger partial charge is 0.475 e. The van der Waals surface area contributed by atoms with Crippen LogP contribution in [0.5, 0.6) is 5.06 Å². The molecule has 160 valence electrons. The number of hydrogen-bond acceptors (Lipinski definition) is 4. The van der Waals surface area contributed by atoms with Crippen LogP contribution >= 0.6 is 11.3 Å². The number of para-hydroxylation sites is 2. The minimum absolute atomic E-state index is 0.0617. The number of carbonyl (C=O) groups excluding carboxylic acids is 1. The molecule has 1 N–H and O–H groups in total. The summed E-state index contributed by atoms with van der Waals surface area (Å²) in [7, 11) is 0. The first kappa shape index (κ1) is 20.7. The van der Waals surface area contributed by atoms with E-state index in [4.69, 9.17) is 9.72 Å². The molecule has 3 atom stereocenters. The molecule has 4 rings (SSSR count). The van der Waals surface area contributed by atoms with Gasteiger partial charge in [0.25, 0.3) is 0 Å². The Morgan fingerprint density at radius 2 is 2.10 bits per heavy atom. The Labute approximate surface area is 175 Å². The van der Waals surface area contributed by atoms with E-state index in [1.54, 1.807) is 6.07 Å². The van der Waals surface area contributed by atoms with Crippen molar-refractivity contribution in [3.8, 4) is 5.06 Å². The fourth-order valence-corrected chi connectivity index (χ4v) is 4.53. The lowest BCUT2D eigenvalue weighted by atomic mass is 10.2. The third-order valence-electron chi connectivity index (χ3n) is 5.22. The average Bonchev–Trinajstić information content (AvgIpc) is 3.19. The quantitative estimate of drug-likeness (QED) is 0.563. The smallest absolute Gasteiger partial charge is 0.422 e. The molecular weight excluding hydrogens is 415 g/mol. The van der Waals surface area contributed by atoms with E-state index in [1.165, 1.54) is 6.07 Å². The van der Waals surface area contributed by atoms with Crippen LogP contribution in [-0.2, 0) is 11.3 Å². The number of thiophene rings is 1. The summed E-state index contributed by atoms with van der Waals surface area (Å²) in [6.45, 7) is 3.34. The maximum Gasteiger partial charge on any atom is 0.422 e. The van der Waals surface area contributed by atoms with Gasteiger partial charge in [0.2, 0.25) is 5.91 Å². The maximum atomic E-state index is 12.7. The van der Waals surface area contributed by atoms with Gasteiger partial charge in [0, 0.05) is 23.3 Å². The van der Waals surface area contributed by atoms with E-state index in [9.17, 15) is 18.0 Å². The van der Waals surface area contributed by atoms with E-state index in [0.29, 0.717) is 0 Å². The van der Waals surface area contributed by atoms with Gasteiger partial charge in [0.1, 0.15) is 5.82 Å². The van der Waals surface area contributed by atoms with Crippen molar-refractivity contribution in [1.29, 1.82) is 0 Å². The zero-order chi connectivity index (χ0) is 21.5. The molecule has 2 heterocycles. The summed E-state index contributed by atoms with van der Waals surface area (Å²) in [4.78, 5) is 18.2. The van der Waals surface area contributed by atoms with Crippen LogP contribution in [0, 0.1) is 5.92 Å². The molecule has 1 aliphatic carbocycles. The molecule has 1 saturated carbocycles. The molecule has 0 spiro atoms. The first-order valence-electron chi connectivity index (χ1n) is 9.81. The van der Waals surface area contributed by atoms with Crippen LogP contribution in [-0.4, -0.2) is 28.2 Å². The maximum absolute atomic E-state index is 12.7. The molecule has 0 saturated heterocycles. The first-order chi connectivity index (χ1) is 14.3. The molecule has 2 unspecified atom stereocenters. The Balaban J connectivity index is 1.38. The lowest BCUT2D eigenvalue weighted by molar-refractivity contribution is -0.152. The van der Waals surface area contributed by atoms with Crippen LogP contribution in [0.15, 0.2) is 36.4 Å². The zero-order valence-corrected chi connectivity index (χ0v) is 17.4. The van der Waals surface area contributed by atoms with Gasteiger partial charge in [0.15, 0.2) is 11.7 Å². The number of nitrogens with zero attached hydrogens (tertiary/aromatic N) is 2. The highest BCUT2D eigenvalue weighted by atomic mass is 32.1. The van der Waals surface area contributed by atoms with Gasteiger partial charge in [0.05, 0.1) is 17.1 Å². The van der Waals surface area contributed by atoms with Gasteiger partial charge in [-0.2, -0.15) is 13.2 Å². The Morgan fingerprint density at radius 1 is 1.33 bits per heavy atom. The zero-order valence-electron chi connectivity index (χ0n) is 16.6. The molecule has 1 amide bonds. The fraction of sp³-hybridized carbons (Fsp3) is 0.429. The molecule has 1 fully saturated rings. The molecular formula is C21H22F3N3O2S. The third kappa shape index (κ3) is 4.30. The van der Waals surface area contributed by atoms with Gasteiger partial charge >= 0.3 is 6.18 Å². The number of hydrogen-bond donors (Lipinski definition) is 1. The molecule has 30 heavy (non-hydrogen) atoms. The van der Waals surface area contributed by atoms with Crippen molar-refractivity contribution in [2.24, 2.45) is 5.92 Å². The summed E-state index contributed by atoms with van der Waals surface area (Å²) >= 11 is 1.11. The molecule has 5 nitrogen and oxygen atoms in total. The van der Waals surface area contributed by atoms with Crippen molar-refractivity contribution in [3.63, 3.8) is 0 Å². The second kappa shape index (κ2) is 7.94. The number of aryl methyl sites for hydroxylation is 1. The number of imidazole rings is 1. The number of benzene rings is 1. The Kier molecular flexibility index (Phi) is 5.48. The van der Waals surface area contributed by atoms with Crippen LogP contribution in [0.4, 0.5) is 13.2 Å². The summed E-state index contributed by atoms with van der Waals surface area (Å²) < 4.78 is 43.8. The summed E-state index contributed by atoms with van der Waals surface area (Å²) in [5.41, 5.74) is 2.00. The predicted octanol–water partition coefficient (Wildman–Crippen LogP) is 5.04. The van der Waals surface area contributed by atoms with Gasteiger partial charge < -0.3 is 14.6 Å². The molecule has 1 aliphatic rings. The highest BCUT2D eigenvalue weighted by molar-refractivity contribution is 7.13. The minimum Gasteiger partial charge on any atom is -0.475 e. The monoisotopic (exact) mass is 437 g/mol. The lowest BCUT2D eigenvalue weighted by Gasteiger charge is -2.12. The van der Waals surface area contributed by atoms with E-state index in [1.807, 2.05) is 31.2 Å². The van der Waals surface area contributed by atoms with Crippen molar-refractivity contribution in [2.45, 2.75) is 44.9 Å². The van der Waals surface area contributed by atoms with Crippen molar-refractivity contribution in [2.75, 3.05) is 6.61 Å². The van der Waals surface area contributed by atoms with Gasteiger partial charge in [-0.1, -0.05) is 12.1 Å². The number of nitrogens with one attached hydrogen (secondary N) is 1. The summed E-state index contributed by atoms with van der Waals surface area (Å²) in [6.07, 6.45) is -3.63. The Bertz CT molecular complexity index is 1060. The number of rotatable bonds is 7. The van der Waals surface area contributed by atoms with E-state index < -0.39 is 12.8 Å². The first-order valence-corrected chi connectivity index (χ1v) is 10.6. The number of amides is 1. The van der Waals surface area contributed by atoms with Gasteiger partial charge in [-0.15, -0.1) is 11.3 Å². The number of alkyl halides is 3. The standard InChI is InChI=1S/C21H22F3N3O2S/c1-3-27-16-7-5-4-6-15(16)26-19(27)13-10-14(13)20(28)25-12(2)17-8-9-18(30-17)29-11-21(22,23)24/h4-9,12-14H,3,10-11H2,1-2H3,(H,25,28)/t12-,13?,14?/m1/s1. The minimum atomic E-state index is -4.38. The number of ether oxygens (including phenoxy) is 1. The van der Waals surface area contributed by atoms with Crippen LogP contribution in [0.3, 0.4) is 0 Å². The highest BCUT2D eigenvalue weighted by Crippen LogP contribution is 2.48. The topological polar surface area (TPSA) is 56.2 Å². The number of aromatic nitrogens is 2. The van der Waals surface area contributed by atoms with E-state index in [-0.39, 0.29) is 28.8 Å². The van der Waals surface area contributed by atoms with E-state index in [0.717, 1.165) is 46.0 Å². The summed E-state index contributed by atoms with van der Waals surface area (Å²) in [5, 5.41) is 3.16. The van der Waals surface area contributed by atoms with Crippen LogP contribution in [0.2, 0.25) is 0 Å². The summed E-state index contributed by atoms with van der Waals surface area (Å²) in [5.74, 6) is 0.813. The van der Waals surface area contributed by atoms with Crippen molar-refractivity contribution >= 4 is 28.3 Å². The van der Waals surface area contributed by atoms with Crippen molar-refractivity contribution in [1.82, 2.24) is 14.9 Å². The van der Waals surface area contributed by atoms with Gasteiger partial charge in [-0.25, -0.2) is 4.98 Å². The molecule has 3 aromatic rings. The van der Waals surface area contributed by atoms with Crippen molar-refractivity contribution < 1.29 is 22.7 Å². The SMILES string of the molecule is CCn1c(C2CC2C(=O)N[C@H](C)c2ccc(OCC(F)(F)F)s2)nc2ccccc21. The molecule has 9 heteroatoms. The second-order valence-corrected chi connectivity index (χ2v) is 8.52. The van der Waals surface area contributed by atoms with Gasteiger partial charge in [-0.3, -0.25) is 4.79 Å². The Hall–Kier alpha value is -2.55. The second-order valence-electron chi connectivity index (χ2n) is 7.44. The molecule has 0 bridgehead atoms. The molecule has 1 aromatic carbocycles. The fourth-order valence-electron chi connectivity index (χ4n) is 3.67. The normalized spacial score (nSPS) is 19.6. The third-order valence-corrected chi connectivity index (χ3v) is 6.41. The highest BCUT2D eigenvalue weighted by Gasteiger charge is 2.47. The molecule has 0 radical (unpaired) electrons. The van der Waals surface area contributed by atoms with Crippen LogP contribution < -0.4 is 10.1 Å². The average molecular weight is 437 g/mol. The van der Waals surface area contributed by atoms with E-state index in [2.05, 4.69) is 16.8 Å². The number of halogens is 3. The van der Waals surface area contributed by atoms with Crippen LogP contribution in [0.25, 0.3) is 11.0 Å². The number of carbonyl (C=O) groups is 1.